The van der Waals surface area contributed by atoms with Gasteiger partial charge in [-0.05, 0) is 41.5 Å². The predicted octanol–water partition coefficient (Wildman–Crippen LogP) is 4.01. The molecule has 4 rings (SSSR count). The molecule has 1 aliphatic heterocycles. The van der Waals surface area contributed by atoms with Crippen LogP contribution in [0.5, 0.6) is 0 Å². The van der Waals surface area contributed by atoms with Crippen molar-refractivity contribution in [3.8, 4) is 11.1 Å². The maximum Gasteiger partial charge on any atom is 0.533 e. The SMILES string of the molecule is C=CCOC(=O)[C@@H](CCCCOC(=O)ON1C(=O)CCC1=O)NC(=O)OCC1c2ccccc2-c2ccccc21. The number of fused-ring (bicyclic) bond motifs is 3. The van der Waals surface area contributed by atoms with Crippen molar-refractivity contribution in [1.29, 1.82) is 0 Å². The fraction of sp³-hybridized carbons (Fsp3) is 0.345. The topological polar surface area (TPSA) is 138 Å². The molecule has 0 bridgehead atoms. The molecule has 0 unspecified atom stereocenters. The molecule has 1 saturated heterocycles. The summed E-state index contributed by atoms with van der Waals surface area (Å²) in [5.74, 6) is -2.00. The lowest BCUT2D eigenvalue weighted by molar-refractivity contribution is -0.177. The van der Waals surface area contributed by atoms with Gasteiger partial charge in [-0.1, -0.05) is 66.2 Å². The van der Waals surface area contributed by atoms with Gasteiger partial charge in [0.2, 0.25) is 0 Å². The summed E-state index contributed by atoms with van der Waals surface area (Å²) < 4.78 is 15.5. The van der Waals surface area contributed by atoms with E-state index in [4.69, 9.17) is 14.2 Å². The Morgan fingerprint density at radius 3 is 2.17 bits per heavy atom. The van der Waals surface area contributed by atoms with Crippen LogP contribution < -0.4 is 5.32 Å². The smallest absolute Gasteiger partial charge is 0.460 e. The van der Waals surface area contributed by atoms with Gasteiger partial charge >= 0.3 is 18.2 Å². The molecule has 2 aromatic rings. The second-order valence-electron chi connectivity index (χ2n) is 9.21. The number of ether oxygens (including phenoxy) is 3. The van der Waals surface area contributed by atoms with Gasteiger partial charge in [0.1, 0.15) is 19.3 Å². The van der Waals surface area contributed by atoms with Gasteiger partial charge in [0, 0.05) is 18.8 Å². The number of hydrogen-bond acceptors (Lipinski definition) is 9. The van der Waals surface area contributed by atoms with E-state index < -0.39 is 36.1 Å². The third kappa shape index (κ3) is 6.85. The van der Waals surface area contributed by atoms with Gasteiger partial charge in [-0.3, -0.25) is 14.4 Å². The number of rotatable bonds is 12. The van der Waals surface area contributed by atoms with Crippen molar-refractivity contribution in [3.05, 3.63) is 72.3 Å². The van der Waals surface area contributed by atoms with Crippen LogP contribution in [0.25, 0.3) is 11.1 Å². The second-order valence-corrected chi connectivity index (χ2v) is 9.21. The van der Waals surface area contributed by atoms with Crippen molar-refractivity contribution in [3.63, 3.8) is 0 Å². The number of esters is 1. The number of nitrogens with one attached hydrogen (secondary N) is 1. The van der Waals surface area contributed by atoms with Crippen molar-refractivity contribution in [1.82, 2.24) is 10.4 Å². The molecule has 1 atom stereocenters. The van der Waals surface area contributed by atoms with Gasteiger partial charge in [-0.2, -0.15) is 0 Å². The molecule has 0 radical (unpaired) electrons. The second kappa shape index (κ2) is 13.4. The summed E-state index contributed by atoms with van der Waals surface area (Å²) in [5.41, 5.74) is 4.33. The number of unbranched alkanes of at least 4 members (excludes halogenated alkanes) is 1. The molecular formula is C29H30N2O9. The molecule has 1 heterocycles. The maximum absolute atomic E-state index is 12.7. The summed E-state index contributed by atoms with van der Waals surface area (Å²) in [4.78, 5) is 64.6. The summed E-state index contributed by atoms with van der Waals surface area (Å²) in [7, 11) is 0. The van der Waals surface area contributed by atoms with E-state index in [0.29, 0.717) is 17.9 Å². The highest BCUT2D eigenvalue weighted by Gasteiger charge is 2.33. The average molecular weight is 551 g/mol. The van der Waals surface area contributed by atoms with Crippen molar-refractivity contribution in [2.24, 2.45) is 0 Å². The first-order valence-corrected chi connectivity index (χ1v) is 13.0. The van der Waals surface area contributed by atoms with E-state index in [1.807, 2.05) is 48.5 Å². The Kier molecular flexibility index (Phi) is 9.50. The van der Waals surface area contributed by atoms with Crippen LogP contribution in [0.15, 0.2) is 61.2 Å². The van der Waals surface area contributed by atoms with E-state index in [1.54, 1.807) is 0 Å². The van der Waals surface area contributed by atoms with Gasteiger partial charge in [0.25, 0.3) is 11.8 Å². The van der Waals surface area contributed by atoms with Crippen LogP contribution in [0, 0.1) is 0 Å². The summed E-state index contributed by atoms with van der Waals surface area (Å²) in [6.07, 6.45) is 0.294. The molecule has 1 aliphatic carbocycles. The standard InChI is InChI=1S/C29H30N2O9/c1-2-16-37-27(34)24(13-7-8-17-38-29(36)40-31-25(32)14-15-26(31)33)30-28(35)39-18-23-21-11-5-3-9-19(21)20-10-4-6-12-22(20)23/h2-6,9-12,23-24H,1,7-8,13-18H2,(H,30,35)/t24-/m1/s1. The molecule has 2 aromatic carbocycles. The fourth-order valence-electron chi connectivity index (χ4n) is 4.64. The van der Waals surface area contributed by atoms with Crippen molar-refractivity contribution in [2.75, 3.05) is 19.8 Å². The van der Waals surface area contributed by atoms with Gasteiger partial charge in [-0.15, -0.1) is 0 Å². The molecule has 1 fully saturated rings. The number of hydrogen-bond donors (Lipinski definition) is 1. The molecule has 11 heteroatoms. The van der Waals surface area contributed by atoms with Crippen LogP contribution in [0.2, 0.25) is 0 Å². The van der Waals surface area contributed by atoms with Crippen LogP contribution in [-0.4, -0.2) is 61.0 Å². The lowest BCUT2D eigenvalue weighted by atomic mass is 9.98. The van der Waals surface area contributed by atoms with Crippen LogP contribution in [0.4, 0.5) is 9.59 Å². The zero-order chi connectivity index (χ0) is 28.5. The molecule has 11 nitrogen and oxygen atoms in total. The lowest BCUT2D eigenvalue weighted by Gasteiger charge is -2.19. The fourth-order valence-corrected chi connectivity index (χ4v) is 4.64. The summed E-state index contributed by atoms with van der Waals surface area (Å²) in [6.45, 7) is 3.49. The molecule has 0 aromatic heterocycles. The minimum atomic E-state index is -1.18. The van der Waals surface area contributed by atoms with Crippen molar-refractivity contribution < 1.29 is 43.0 Å². The number of hydroxylamine groups is 2. The largest absolute Gasteiger partial charge is 0.533 e. The Bertz CT molecular complexity index is 1230. The lowest BCUT2D eigenvalue weighted by Crippen LogP contribution is -2.42. The normalized spacial score (nSPS) is 14.7. The quantitative estimate of drug-likeness (QED) is 0.137. The van der Waals surface area contributed by atoms with Gasteiger partial charge in [0.05, 0.1) is 6.61 Å². The van der Waals surface area contributed by atoms with E-state index in [2.05, 4.69) is 16.7 Å². The van der Waals surface area contributed by atoms with E-state index in [1.165, 1.54) is 6.08 Å². The average Bonchev–Trinajstić information content (AvgIpc) is 3.45. The number of carbonyl (C=O) groups excluding carboxylic acids is 5. The molecule has 0 spiro atoms. The monoisotopic (exact) mass is 550 g/mol. The molecule has 2 aliphatic rings. The molecule has 40 heavy (non-hydrogen) atoms. The van der Waals surface area contributed by atoms with Crippen LogP contribution in [0.3, 0.4) is 0 Å². The first-order chi connectivity index (χ1) is 19.4. The Morgan fingerprint density at radius 2 is 1.55 bits per heavy atom. The molecule has 1 N–H and O–H groups in total. The van der Waals surface area contributed by atoms with Gasteiger partial charge in [0.15, 0.2) is 0 Å². The molecule has 3 amide bonds. The minimum Gasteiger partial charge on any atom is -0.460 e. The zero-order valence-electron chi connectivity index (χ0n) is 21.8. The Morgan fingerprint density at radius 1 is 0.925 bits per heavy atom. The highest BCUT2D eigenvalue weighted by molar-refractivity contribution is 6.01. The number of nitrogens with zero attached hydrogens (tertiary/aromatic N) is 1. The summed E-state index contributed by atoms with van der Waals surface area (Å²) >= 11 is 0. The van der Waals surface area contributed by atoms with E-state index in [-0.39, 0.29) is 45.0 Å². The zero-order valence-corrected chi connectivity index (χ0v) is 21.8. The van der Waals surface area contributed by atoms with E-state index >= 15 is 0 Å². The number of carbonyl (C=O) groups is 5. The van der Waals surface area contributed by atoms with Gasteiger partial charge in [-0.25, -0.2) is 14.4 Å². The highest BCUT2D eigenvalue weighted by atomic mass is 16.8. The molecular weight excluding hydrogens is 520 g/mol. The van der Waals surface area contributed by atoms with Crippen LogP contribution >= 0.6 is 0 Å². The van der Waals surface area contributed by atoms with Crippen molar-refractivity contribution in [2.45, 2.75) is 44.1 Å². The first kappa shape index (κ1) is 28.3. The van der Waals surface area contributed by atoms with Crippen LogP contribution in [-0.2, 0) is 33.4 Å². The Hall–Kier alpha value is -4.67. The third-order valence-corrected chi connectivity index (χ3v) is 6.54. The summed E-state index contributed by atoms with van der Waals surface area (Å²) in [6, 6.07) is 14.9. The highest BCUT2D eigenvalue weighted by Crippen LogP contribution is 2.44. The Labute approximate surface area is 231 Å². The minimum absolute atomic E-state index is 0.0217. The maximum atomic E-state index is 12.7. The summed E-state index contributed by atoms with van der Waals surface area (Å²) in [5, 5.41) is 2.97. The molecule has 0 saturated carbocycles. The number of imide groups is 1. The van der Waals surface area contributed by atoms with Crippen LogP contribution in [0.1, 0.15) is 49.1 Å². The number of benzene rings is 2. The van der Waals surface area contributed by atoms with E-state index in [0.717, 1.165) is 22.3 Å². The number of alkyl carbamates (subject to hydrolysis) is 1. The number of amides is 3. The Balaban J connectivity index is 1.25. The van der Waals surface area contributed by atoms with E-state index in [9.17, 15) is 24.0 Å². The van der Waals surface area contributed by atoms with Crippen molar-refractivity contribution >= 4 is 30.0 Å². The van der Waals surface area contributed by atoms with Gasteiger partial charge < -0.3 is 19.5 Å². The predicted molar refractivity (Wildman–Crippen MR) is 141 cm³/mol. The first-order valence-electron chi connectivity index (χ1n) is 13.0. The third-order valence-electron chi connectivity index (χ3n) is 6.54. The molecule has 210 valence electrons.